The number of halogens is 1. The third kappa shape index (κ3) is 8.56. The number of methoxy groups -OCH3 is 1. The number of nitrogens with one attached hydrogen (secondary N) is 1. The van der Waals surface area contributed by atoms with Crippen molar-refractivity contribution in [3.8, 4) is 0 Å². The van der Waals surface area contributed by atoms with E-state index in [0.29, 0.717) is 12.2 Å². The van der Waals surface area contributed by atoms with Gasteiger partial charge in [-0.1, -0.05) is 42.5 Å². The summed E-state index contributed by atoms with van der Waals surface area (Å²) in [5.74, 6) is -1.38. The maximum atomic E-state index is 13.3. The van der Waals surface area contributed by atoms with Crippen molar-refractivity contribution in [2.45, 2.75) is 26.1 Å². The fraction of sp³-hybridized carbons (Fsp3) is 0.391. The van der Waals surface area contributed by atoms with E-state index in [9.17, 15) is 22.4 Å². The van der Waals surface area contributed by atoms with Gasteiger partial charge in [0.15, 0.2) is 0 Å². The molecule has 2 aromatic rings. The molecule has 2 aromatic carbocycles. The van der Waals surface area contributed by atoms with Crippen LogP contribution in [-0.2, 0) is 37.4 Å². The van der Waals surface area contributed by atoms with Gasteiger partial charge in [-0.15, -0.1) is 0 Å². The first kappa shape index (κ1) is 26.4. The lowest BCUT2D eigenvalue weighted by molar-refractivity contribution is -0.140. The second kappa shape index (κ2) is 12.4. The van der Waals surface area contributed by atoms with Crippen molar-refractivity contribution in [3.05, 3.63) is 71.5 Å². The van der Waals surface area contributed by atoms with Crippen LogP contribution >= 0.6 is 0 Å². The van der Waals surface area contributed by atoms with Gasteiger partial charge in [0.2, 0.25) is 21.8 Å². The summed E-state index contributed by atoms with van der Waals surface area (Å²) >= 11 is 0. The van der Waals surface area contributed by atoms with E-state index < -0.39 is 40.2 Å². The van der Waals surface area contributed by atoms with Gasteiger partial charge >= 0.3 is 0 Å². The number of ether oxygens (including phenoxy) is 1. The standard InChI is InChI=1S/C23H30FN3O5S/c1-18(23(29)25-13-14-32-2)27(16-20-9-11-21(24)12-10-20)22(28)17-26(33(3,30)31)15-19-7-5-4-6-8-19/h4-12,18H,13-17H2,1-3H3,(H,25,29)/t18-/m1/s1. The molecule has 0 saturated carbocycles. The number of nitrogens with zero attached hydrogens (tertiary/aromatic N) is 2. The summed E-state index contributed by atoms with van der Waals surface area (Å²) < 4.78 is 44.1. The zero-order valence-electron chi connectivity index (χ0n) is 19.0. The zero-order chi connectivity index (χ0) is 24.4. The highest BCUT2D eigenvalue weighted by atomic mass is 32.2. The van der Waals surface area contributed by atoms with Crippen molar-refractivity contribution in [1.82, 2.24) is 14.5 Å². The van der Waals surface area contributed by atoms with Gasteiger partial charge in [-0.25, -0.2) is 12.8 Å². The Morgan fingerprint density at radius 3 is 2.21 bits per heavy atom. The molecule has 0 bridgehead atoms. The van der Waals surface area contributed by atoms with Crippen molar-refractivity contribution >= 4 is 21.8 Å². The quantitative estimate of drug-likeness (QED) is 0.468. The molecule has 0 aliphatic carbocycles. The van der Waals surface area contributed by atoms with Crippen molar-refractivity contribution in [2.75, 3.05) is 33.1 Å². The van der Waals surface area contributed by atoms with Crippen LogP contribution in [0.4, 0.5) is 4.39 Å². The number of hydrogen-bond acceptors (Lipinski definition) is 5. The Balaban J connectivity index is 2.25. The summed E-state index contributed by atoms with van der Waals surface area (Å²) in [7, 11) is -2.21. The van der Waals surface area contributed by atoms with Crippen molar-refractivity contribution in [3.63, 3.8) is 0 Å². The van der Waals surface area contributed by atoms with Crippen LogP contribution in [-0.4, -0.2) is 68.5 Å². The van der Waals surface area contributed by atoms with Crippen LogP contribution in [0, 0.1) is 5.82 Å². The average molecular weight is 480 g/mol. The number of carbonyl (C=O) groups excluding carboxylic acids is 2. The highest BCUT2D eigenvalue weighted by Crippen LogP contribution is 2.14. The topological polar surface area (TPSA) is 96.0 Å². The first-order chi connectivity index (χ1) is 15.6. The zero-order valence-corrected chi connectivity index (χ0v) is 19.8. The fourth-order valence-corrected chi connectivity index (χ4v) is 3.84. The van der Waals surface area contributed by atoms with Gasteiger partial charge in [0.1, 0.15) is 11.9 Å². The molecule has 0 fully saturated rings. The minimum Gasteiger partial charge on any atom is -0.383 e. The summed E-state index contributed by atoms with van der Waals surface area (Å²) in [6.07, 6.45) is 1.04. The minimum absolute atomic E-state index is 0.0148. The number of carbonyl (C=O) groups is 2. The maximum Gasteiger partial charge on any atom is 0.242 e. The van der Waals surface area contributed by atoms with E-state index in [1.807, 2.05) is 6.07 Å². The first-order valence-electron chi connectivity index (χ1n) is 10.4. The number of hydrogen-bond donors (Lipinski definition) is 1. The lowest BCUT2D eigenvalue weighted by Gasteiger charge is -2.31. The van der Waals surface area contributed by atoms with Gasteiger partial charge < -0.3 is 15.0 Å². The van der Waals surface area contributed by atoms with Gasteiger partial charge in [0.25, 0.3) is 0 Å². The molecule has 0 unspecified atom stereocenters. The molecule has 0 aliphatic heterocycles. The highest BCUT2D eigenvalue weighted by Gasteiger charge is 2.29. The van der Waals surface area contributed by atoms with Gasteiger partial charge in [-0.2, -0.15) is 4.31 Å². The van der Waals surface area contributed by atoms with Crippen LogP contribution in [0.5, 0.6) is 0 Å². The molecule has 1 N–H and O–H groups in total. The van der Waals surface area contributed by atoms with E-state index in [2.05, 4.69) is 5.32 Å². The lowest BCUT2D eigenvalue weighted by atomic mass is 10.1. The molecule has 33 heavy (non-hydrogen) atoms. The van der Waals surface area contributed by atoms with Gasteiger partial charge in [0, 0.05) is 26.7 Å². The monoisotopic (exact) mass is 479 g/mol. The molecular formula is C23H30FN3O5S. The molecule has 0 heterocycles. The Hall–Kier alpha value is -2.82. The van der Waals surface area contributed by atoms with Crippen molar-refractivity contribution in [1.29, 1.82) is 0 Å². The minimum atomic E-state index is -3.71. The molecule has 0 saturated heterocycles. The van der Waals surface area contributed by atoms with E-state index in [1.54, 1.807) is 31.2 Å². The van der Waals surface area contributed by atoms with Crippen LogP contribution in [0.2, 0.25) is 0 Å². The molecule has 2 amide bonds. The molecule has 2 rings (SSSR count). The molecule has 0 aromatic heterocycles. The number of benzene rings is 2. The summed E-state index contributed by atoms with van der Waals surface area (Å²) in [6.45, 7) is 1.73. The Morgan fingerprint density at radius 1 is 1.03 bits per heavy atom. The molecule has 10 heteroatoms. The van der Waals surface area contributed by atoms with E-state index in [4.69, 9.17) is 4.74 Å². The Kier molecular flexibility index (Phi) is 9.95. The third-order valence-corrected chi connectivity index (χ3v) is 6.22. The predicted octanol–water partition coefficient (Wildman–Crippen LogP) is 1.77. The van der Waals surface area contributed by atoms with Crippen LogP contribution < -0.4 is 5.32 Å². The molecule has 180 valence electrons. The summed E-state index contributed by atoms with van der Waals surface area (Å²) in [4.78, 5) is 27.2. The largest absolute Gasteiger partial charge is 0.383 e. The van der Waals surface area contributed by atoms with Crippen molar-refractivity contribution < 1.29 is 27.1 Å². The smallest absolute Gasteiger partial charge is 0.242 e. The Bertz CT molecular complexity index is 1020. The highest BCUT2D eigenvalue weighted by molar-refractivity contribution is 7.88. The normalized spacial score (nSPS) is 12.4. The summed E-state index contributed by atoms with van der Waals surface area (Å²) in [5.41, 5.74) is 1.33. The van der Waals surface area contributed by atoms with E-state index in [-0.39, 0.29) is 19.6 Å². The van der Waals surface area contributed by atoms with E-state index in [0.717, 1.165) is 16.1 Å². The SMILES string of the molecule is COCCNC(=O)[C@@H](C)N(Cc1ccc(F)cc1)C(=O)CN(Cc1ccccc1)S(C)(=O)=O. The summed E-state index contributed by atoms with van der Waals surface area (Å²) in [6, 6.07) is 13.6. The average Bonchev–Trinajstić information content (AvgIpc) is 2.78. The Morgan fingerprint density at radius 2 is 1.64 bits per heavy atom. The molecule has 1 atom stereocenters. The van der Waals surface area contributed by atoms with Crippen molar-refractivity contribution in [2.24, 2.45) is 0 Å². The van der Waals surface area contributed by atoms with Crippen LogP contribution in [0.3, 0.4) is 0 Å². The molecule has 0 spiro atoms. The Labute approximate surface area is 194 Å². The van der Waals surface area contributed by atoms with Gasteiger partial charge in [-0.3, -0.25) is 9.59 Å². The van der Waals surface area contributed by atoms with Gasteiger partial charge in [0.05, 0.1) is 19.4 Å². The third-order valence-electron chi connectivity index (χ3n) is 5.02. The molecule has 0 radical (unpaired) electrons. The van der Waals surface area contributed by atoms with E-state index in [1.165, 1.54) is 36.3 Å². The second-order valence-electron chi connectivity index (χ2n) is 7.62. The molecule has 0 aliphatic rings. The maximum absolute atomic E-state index is 13.3. The number of amides is 2. The lowest BCUT2D eigenvalue weighted by Crippen LogP contribution is -2.51. The van der Waals surface area contributed by atoms with E-state index >= 15 is 0 Å². The fourth-order valence-electron chi connectivity index (χ4n) is 3.11. The predicted molar refractivity (Wildman–Crippen MR) is 123 cm³/mol. The molecule has 8 nitrogen and oxygen atoms in total. The van der Waals surface area contributed by atoms with Crippen LogP contribution in [0.1, 0.15) is 18.1 Å². The number of sulfonamides is 1. The van der Waals surface area contributed by atoms with Crippen LogP contribution in [0.25, 0.3) is 0 Å². The van der Waals surface area contributed by atoms with Gasteiger partial charge in [-0.05, 0) is 30.2 Å². The molecular weight excluding hydrogens is 449 g/mol. The number of rotatable bonds is 12. The summed E-state index contributed by atoms with van der Waals surface area (Å²) in [5, 5.41) is 2.69. The first-order valence-corrected chi connectivity index (χ1v) is 12.3. The second-order valence-corrected chi connectivity index (χ2v) is 9.61. The van der Waals surface area contributed by atoms with Crippen LogP contribution in [0.15, 0.2) is 54.6 Å².